The second kappa shape index (κ2) is 6.13. The highest BCUT2D eigenvalue weighted by molar-refractivity contribution is 5.81. The van der Waals surface area contributed by atoms with Crippen molar-refractivity contribution in [1.82, 2.24) is 24.6 Å². The largest absolute Gasteiger partial charge is 0.341 e. The zero-order chi connectivity index (χ0) is 15.6. The fraction of sp³-hybridized carbons (Fsp3) is 0.800. The summed E-state index contributed by atoms with van der Waals surface area (Å²) in [5, 5.41) is 4.11. The highest BCUT2D eigenvalue weighted by atomic mass is 16.2. The third-order valence-electron chi connectivity index (χ3n) is 4.16. The van der Waals surface area contributed by atoms with Crippen LogP contribution in [-0.2, 0) is 18.4 Å². The Hall–Kier alpha value is -1.43. The van der Waals surface area contributed by atoms with Crippen LogP contribution < -0.4 is 0 Å². The van der Waals surface area contributed by atoms with Gasteiger partial charge in [-0.25, -0.2) is 4.98 Å². The second-order valence-electron chi connectivity index (χ2n) is 7.00. The first kappa shape index (κ1) is 15.9. The Morgan fingerprint density at radius 1 is 1.48 bits per heavy atom. The van der Waals surface area contributed by atoms with Crippen LogP contribution in [0.3, 0.4) is 0 Å². The van der Waals surface area contributed by atoms with E-state index in [0.717, 1.165) is 38.3 Å². The van der Waals surface area contributed by atoms with Gasteiger partial charge in [0, 0.05) is 32.1 Å². The first-order valence-corrected chi connectivity index (χ1v) is 7.61. The number of piperidine rings is 1. The molecule has 1 atom stereocenters. The summed E-state index contributed by atoms with van der Waals surface area (Å²) in [6.07, 6.45) is 3.78. The van der Waals surface area contributed by atoms with Crippen LogP contribution in [0.4, 0.5) is 0 Å². The van der Waals surface area contributed by atoms with Gasteiger partial charge in [0.15, 0.2) is 0 Å². The molecule has 6 nitrogen and oxygen atoms in total. The predicted molar refractivity (Wildman–Crippen MR) is 81.5 cm³/mol. The number of hydrogen-bond donors (Lipinski definition) is 0. The molecule has 21 heavy (non-hydrogen) atoms. The maximum Gasteiger partial charge on any atom is 0.227 e. The van der Waals surface area contributed by atoms with E-state index in [1.54, 1.807) is 6.33 Å². The van der Waals surface area contributed by atoms with Gasteiger partial charge in [-0.2, -0.15) is 5.10 Å². The van der Waals surface area contributed by atoms with Crippen molar-refractivity contribution in [3.8, 4) is 0 Å². The number of rotatable bonds is 3. The van der Waals surface area contributed by atoms with E-state index in [0.29, 0.717) is 6.04 Å². The van der Waals surface area contributed by atoms with Crippen molar-refractivity contribution in [1.29, 1.82) is 0 Å². The third kappa shape index (κ3) is 3.81. The fourth-order valence-corrected chi connectivity index (χ4v) is 2.85. The van der Waals surface area contributed by atoms with Gasteiger partial charge < -0.3 is 4.90 Å². The van der Waals surface area contributed by atoms with Gasteiger partial charge >= 0.3 is 0 Å². The highest BCUT2D eigenvalue weighted by Gasteiger charge is 2.32. The molecule has 6 heteroatoms. The molecule has 0 N–H and O–H groups in total. The SMILES string of the molecule is CN(C(=O)C(C)(C)C)C1CCCN(Cc2ncnn2C)C1. The fourth-order valence-electron chi connectivity index (χ4n) is 2.85. The Morgan fingerprint density at radius 3 is 2.76 bits per heavy atom. The Bertz CT molecular complexity index is 490. The Labute approximate surface area is 127 Å². The van der Waals surface area contributed by atoms with Crippen molar-refractivity contribution in [2.75, 3.05) is 20.1 Å². The molecule has 118 valence electrons. The molecule has 1 aliphatic heterocycles. The summed E-state index contributed by atoms with van der Waals surface area (Å²) >= 11 is 0. The first-order valence-electron chi connectivity index (χ1n) is 7.61. The van der Waals surface area contributed by atoms with Crippen molar-refractivity contribution < 1.29 is 4.79 Å². The molecule has 1 saturated heterocycles. The van der Waals surface area contributed by atoms with Gasteiger partial charge in [0.2, 0.25) is 5.91 Å². The first-order chi connectivity index (χ1) is 9.79. The van der Waals surface area contributed by atoms with E-state index in [4.69, 9.17) is 0 Å². The number of amides is 1. The Balaban J connectivity index is 1.97. The zero-order valence-electron chi connectivity index (χ0n) is 13.8. The minimum Gasteiger partial charge on any atom is -0.341 e. The smallest absolute Gasteiger partial charge is 0.227 e. The van der Waals surface area contributed by atoms with Crippen LogP contribution in [0.2, 0.25) is 0 Å². The standard InChI is InChI=1S/C15H27N5O/c1-15(2,3)14(21)18(4)12-7-6-8-20(9-12)10-13-16-11-17-19(13)5/h11-12H,6-10H2,1-5H3. The van der Waals surface area contributed by atoms with Crippen LogP contribution in [0, 0.1) is 5.41 Å². The van der Waals surface area contributed by atoms with E-state index in [1.165, 1.54) is 0 Å². The van der Waals surface area contributed by atoms with E-state index in [1.807, 2.05) is 44.4 Å². The van der Waals surface area contributed by atoms with E-state index in [2.05, 4.69) is 15.0 Å². The van der Waals surface area contributed by atoms with Crippen molar-refractivity contribution in [2.24, 2.45) is 12.5 Å². The predicted octanol–water partition coefficient (Wildman–Crippen LogP) is 1.28. The van der Waals surface area contributed by atoms with Gasteiger partial charge in [-0.15, -0.1) is 0 Å². The van der Waals surface area contributed by atoms with Gasteiger partial charge in [0.1, 0.15) is 12.2 Å². The molecule has 1 aromatic rings. The van der Waals surface area contributed by atoms with Crippen molar-refractivity contribution >= 4 is 5.91 Å². The Kier molecular flexibility index (Phi) is 4.66. The van der Waals surface area contributed by atoms with Gasteiger partial charge in [0.25, 0.3) is 0 Å². The molecule has 1 aliphatic rings. The normalized spacial score (nSPS) is 20.5. The van der Waals surface area contributed by atoms with Crippen molar-refractivity contribution in [2.45, 2.75) is 46.2 Å². The van der Waals surface area contributed by atoms with Gasteiger partial charge in [-0.1, -0.05) is 20.8 Å². The number of likely N-dealkylation sites (N-methyl/N-ethyl adjacent to an activating group) is 1. The summed E-state index contributed by atoms with van der Waals surface area (Å²) in [7, 11) is 3.85. The lowest BCUT2D eigenvalue weighted by atomic mass is 9.93. The topological polar surface area (TPSA) is 54.3 Å². The summed E-state index contributed by atoms with van der Waals surface area (Å²) in [5.41, 5.74) is -0.319. The molecule has 0 aliphatic carbocycles. The monoisotopic (exact) mass is 293 g/mol. The van der Waals surface area contributed by atoms with Crippen LogP contribution >= 0.6 is 0 Å². The molecule has 1 amide bonds. The average Bonchev–Trinajstić information content (AvgIpc) is 2.82. The van der Waals surface area contributed by atoms with Crippen LogP contribution in [-0.4, -0.2) is 56.7 Å². The Morgan fingerprint density at radius 2 is 2.19 bits per heavy atom. The molecule has 0 saturated carbocycles. The molecule has 2 rings (SSSR count). The number of aryl methyl sites for hydroxylation is 1. The highest BCUT2D eigenvalue weighted by Crippen LogP contribution is 2.22. The van der Waals surface area contributed by atoms with Gasteiger partial charge in [0.05, 0.1) is 6.54 Å². The number of carbonyl (C=O) groups is 1. The molecule has 0 aromatic carbocycles. The van der Waals surface area contributed by atoms with E-state index >= 15 is 0 Å². The van der Waals surface area contributed by atoms with Gasteiger partial charge in [-0.3, -0.25) is 14.4 Å². The number of aromatic nitrogens is 3. The summed E-state index contributed by atoms with van der Waals surface area (Å²) in [4.78, 5) is 21.0. The molecule has 1 aromatic heterocycles. The van der Waals surface area contributed by atoms with Crippen LogP contribution in [0.15, 0.2) is 6.33 Å². The quantitative estimate of drug-likeness (QED) is 0.842. The third-order valence-corrected chi connectivity index (χ3v) is 4.16. The second-order valence-corrected chi connectivity index (χ2v) is 7.00. The molecule has 1 fully saturated rings. The lowest BCUT2D eigenvalue weighted by Gasteiger charge is -2.39. The minimum atomic E-state index is -0.319. The van der Waals surface area contributed by atoms with Crippen LogP contribution in [0.25, 0.3) is 0 Å². The molecular weight excluding hydrogens is 266 g/mol. The molecule has 1 unspecified atom stereocenters. The maximum absolute atomic E-state index is 12.4. The van der Waals surface area contributed by atoms with Crippen LogP contribution in [0.1, 0.15) is 39.4 Å². The van der Waals surface area contributed by atoms with E-state index < -0.39 is 0 Å². The van der Waals surface area contributed by atoms with Gasteiger partial charge in [-0.05, 0) is 19.4 Å². The lowest BCUT2D eigenvalue weighted by Crippen LogP contribution is -2.51. The summed E-state index contributed by atoms with van der Waals surface area (Å²) in [6.45, 7) is 8.70. The molecule has 0 spiro atoms. The van der Waals surface area contributed by atoms with Crippen molar-refractivity contribution in [3.63, 3.8) is 0 Å². The number of carbonyl (C=O) groups excluding carboxylic acids is 1. The molecule has 2 heterocycles. The summed E-state index contributed by atoms with van der Waals surface area (Å²) in [6, 6.07) is 0.290. The minimum absolute atomic E-state index is 0.216. The zero-order valence-corrected chi connectivity index (χ0v) is 13.8. The van der Waals surface area contributed by atoms with Crippen molar-refractivity contribution in [3.05, 3.63) is 12.2 Å². The number of nitrogens with zero attached hydrogens (tertiary/aromatic N) is 5. The van der Waals surface area contributed by atoms with E-state index in [9.17, 15) is 4.79 Å². The van der Waals surface area contributed by atoms with Crippen LogP contribution in [0.5, 0.6) is 0 Å². The number of likely N-dealkylation sites (tertiary alicyclic amines) is 1. The molecule has 0 radical (unpaired) electrons. The molecule has 0 bridgehead atoms. The van der Waals surface area contributed by atoms with E-state index in [-0.39, 0.29) is 11.3 Å². The average molecular weight is 293 g/mol. The number of hydrogen-bond acceptors (Lipinski definition) is 4. The maximum atomic E-state index is 12.4. The molecular formula is C15H27N5O. The lowest BCUT2D eigenvalue weighted by molar-refractivity contribution is -0.141. The summed E-state index contributed by atoms with van der Waals surface area (Å²) in [5.74, 6) is 1.19. The summed E-state index contributed by atoms with van der Waals surface area (Å²) < 4.78 is 1.81.